The number of aromatic nitrogens is 2. The SMILES string of the molecule is CC(C)Cn1ncc2c(S(C)(=O)=O)cc(NC(=O)Cc3ccccc3Cl)cc21. The fourth-order valence-corrected chi connectivity index (χ4v) is 4.14. The first-order valence-corrected chi connectivity index (χ1v) is 11.1. The fraction of sp³-hybridized carbons (Fsp3) is 0.300. The maximum atomic E-state index is 12.5. The normalized spacial score (nSPS) is 11.9. The Bertz CT molecular complexity index is 1140. The molecule has 0 saturated carbocycles. The second-order valence-electron chi connectivity index (χ2n) is 7.22. The number of fused-ring (bicyclic) bond motifs is 1. The van der Waals surface area contributed by atoms with Gasteiger partial charge in [-0.3, -0.25) is 9.48 Å². The smallest absolute Gasteiger partial charge is 0.228 e. The lowest BCUT2D eigenvalue weighted by molar-refractivity contribution is -0.115. The predicted octanol–water partition coefficient (Wildman–Crippen LogP) is 3.93. The summed E-state index contributed by atoms with van der Waals surface area (Å²) >= 11 is 6.12. The van der Waals surface area contributed by atoms with Gasteiger partial charge in [-0.1, -0.05) is 43.6 Å². The number of benzene rings is 2. The zero-order valence-corrected chi connectivity index (χ0v) is 17.5. The van der Waals surface area contributed by atoms with Gasteiger partial charge in [0.2, 0.25) is 5.91 Å². The van der Waals surface area contributed by atoms with Gasteiger partial charge in [-0.2, -0.15) is 5.10 Å². The van der Waals surface area contributed by atoms with Crippen molar-refractivity contribution in [3.05, 3.63) is 53.2 Å². The van der Waals surface area contributed by atoms with E-state index in [-0.39, 0.29) is 17.2 Å². The average molecular weight is 420 g/mol. The van der Waals surface area contributed by atoms with E-state index in [4.69, 9.17) is 11.6 Å². The maximum Gasteiger partial charge on any atom is 0.228 e. The van der Waals surface area contributed by atoms with Gasteiger partial charge in [-0.25, -0.2) is 8.42 Å². The van der Waals surface area contributed by atoms with Crippen molar-refractivity contribution in [2.75, 3.05) is 11.6 Å². The summed E-state index contributed by atoms with van der Waals surface area (Å²) in [4.78, 5) is 12.6. The van der Waals surface area contributed by atoms with Gasteiger partial charge in [0, 0.05) is 28.9 Å². The summed E-state index contributed by atoms with van der Waals surface area (Å²) in [6.07, 6.45) is 2.80. The molecule has 3 aromatic rings. The molecule has 3 rings (SSSR count). The third-order valence-corrected chi connectivity index (χ3v) is 5.76. The highest BCUT2D eigenvalue weighted by atomic mass is 35.5. The molecule has 28 heavy (non-hydrogen) atoms. The highest BCUT2D eigenvalue weighted by molar-refractivity contribution is 7.91. The first kappa shape index (κ1) is 20.4. The summed E-state index contributed by atoms with van der Waals surface area (Å²) in [5.41, 5.74) is 1.79. The minimum absolute atomic E-state index is 0.0944. The number of halogens is 1. The molecule has 0 fully saturated rings. The monoisotopic (exact) mass is 419 g/mol. The van der Waals surface area contributed by atoms with Crippen LogP contribution >= 0.6 is 11.6 Å². The van der Waals surface area contributed by atoms with Gasteiger partial charge in [0.05, 0.1) is 23.0 Å². The van der Waals surface area contributed by atoms with Crippen LogP contribution < -0.4 is 5.32 Å². The van der Waals surface area contributed by atoms with Gasteiger partial charge in [-0.05, 0) is 29.7 Å². The standard InChI is InChI=1S/C20H22ClN3O3S/c1-13(2)12-24-18-9-15(10-19(28(3,26)27)16(18)11-22-24)23-20(25)8-14-6-4-5-7-17(14)21/h4-7,9-11,13H,8,12H2,1-3H3,(H,23,25). The molecular formula is C20H22ClN3O3S. The average Bonchev–Trinajstić information content (AvgIpc) is 2.97. The van der Waals surface area contributed by atoms with Crippen LogP contribution in [0, 0.1) is 5.92 Å². The van der Waals surface area contributed by atoms with Crippen molar-refractivity contribution in [1.82, 2.24) is 9.78 Å². The summed E-state index contributed by atoms with van der Waals surface area (Å²) in [6.45, 7) is 4.75. The molecule has 148 valence electrons. The van der Waals surface area contributed by atoms with Gasteiger partial charge >= 0.3 is 0 Å². The molecule has 0 aliphatic heterocycles. The number of hydrogen-bond acceptors (Lipinski definition) is 4. The van der Waals surface area contributed by atoms with E-state index in [0.717, 1.165) is 6.26 Å². The van der Waals surface area contributed by atoms with Crippen molar-refractivity contribution in [3.8, 4) is 0 Å². The number of rotatable bonds is 6. The molecule has 2 aromatic carbocycles. The minimum atomic E-state index is -3.49. The zero-order valence-electron chi connectivity index (χ0n) is 15.9. The number of hydrogen-bond donors (Lipinski definition) is 1. The molecule has 8 heteroatoms. The minimum Gasteiger partial charge on any atom is -0.326 e. The van der Waals surface area contributed by atoms with Crippen LogP contribution in [0.4, 0.5) is 5.69 Å². The Kier molecular flexibility index (Phi) is 5.76. The van der Waals surface area contributed by atoms with Gasteiger partial charge in [0.1, 0.15) is 0 Å². The third-order valence-electron chi connectivity index (χ3n) is 4.25. The Morgan fingerprint density at radius 1 is 1.25 bits per heavy atom. The molecular weight excluding hydrogens is 398 g/mol. The van der Waals surface area contributed by atoms with Crippen LogP contribution in [0.3, 0.4) is 0 Å². The van der Waals surface area contributed by atoms with Gasteiger partial charge in [0.15, 0.2) is 9.84 Å². The quantitative estimate of drug-likeness (QED) is 0.656. The topological polar surface area (TPSA) is 81.1 Å². The van der Waals surface area contributed by atoms with E-state index in [1.807, 2.05) is 6.07 Å². The molecule has 0 saturated heterocycles. The number of carbonyl (C=O) groups is 1. The number of carbonyl (C=O) groups excluding carboxylic acids is 1. The summed E-state index contributed by atoms with van der Waals surface area (Å²) in [6, 6.07) is 10.3. The van der Waals surface area contributed by atoms with Crippen LogP contribution in [0.1, 0.15) is 19.4 Å². The van der Waals surface area contributed by atoms with Crippen molar-refractivity contribution in [2.45, 2.75) is 31.7 Å². The Morgan fingerprint density at radius 3 is 2.61 bits per heavy atom. The van der Waals surface area contributed by atoms with Crippen LogP contribution in [-0.2, 0) is 27.6 Å². The second kappa shape index (κ2) is 7.93. The molecule has 0 unspecified atom stereocenters. The number of amides is 1. The number of nitrogens with zero attached hydrogens (tertiary/aromatic N) is 2. The van der Waals surface area contributed by atoms with Crippen LogP contribution in [0.25, 0.3) is 10.9 Å². The predicted molar refractivity (Wildman–Crippen MR) is 111 cm³/mol. The van der Waals surface area contributed by atoms with Crippen LogP contribution in [0.5, 0.6) is 0 Å². The first-order valence-electron chi connectivity index (χ1n) is 8.88. The third kappa shape index (κ3) is 4.54. The molecule has 0 radical (unpaired) electrons. The molecule has 0 aliphatic carbocycles. The van der Waals surface area contributed by atoms with E-state index >= 15 is 0 Å². The summed E-state index contributed by atoms with van der Waals surface area (Å²) < 4.78 is 26.3. The Hall–Kier alpha value is -2.38. The van der Waals surface area contributed by atoms with E-state index in [2.05, 4.69) is 24.3 Å². The maximum absolute atomic E-state index is 12.5. The Balaban J connectivity index is 1.98. The summed E-state index contributed by atoms with van der Waals surface area (Å²) in [5.74, 6) is 0.0603. The van der Waals surface area contributed by atoms with E-state index in [9.17, 15) is 13.2 Å². The van der Waals surface area contributed by atoms with Crippen LogP contribution in [0.15, 0.2) is 47.5 Å². The number of sulfone groups is 1. The molecule has 6 nitrogen and oxygen atoms in total. The Morgan fingerprint density at radius 2 is 1.96 bits per heavy atom. The van der Waals surface area contributed by atoms with Gasteiger partial charge in [-0.15, -0.1) is 0 Å². The lowest BCUT2D eigenvalue weighted by Gasteiger charge is -2.11. The van der Waals surface area contributed by atoms with Gasteiger partial charge in [0.25, 0.3) is 0 Å². The molecule has 0 bridgehead atoms. The largest absolute Gasteiger partial charge is 0.326 e. The van der Waals surface area contributed by atoms with E-state index in [1.165, 1.54) is 6.07 Å². The Labute approximate surface area is 169 Å². The fourth-order valence-electron chi connectivity index (χ4n) is 3.04. The number of nitrogens with one attached hydrogen (secondary N) is 1. The molecule has 0 aliphatic rings. The van der Waals surface area contributed by atoms with E-state index in [1.54, 1.807) is 35.1 Å². The van der Waals surface area contributed by atoms with Crippen LogP contribution in [0.2, 0.25) is 5.02 Å². The van der Waals surface area contributed by atoms with Crippen LogP contribution in [-0.4, -0.2) is 30.4 Å². The van der Waals surface area contributed by atoms with Crippen molar-refractivity contribution < 1.29 is 13.2 Å². The van der Waals surface area contributed by atoms with E-state index in [0.29, 0.717) is 39.6 Å². The second-order valence-corrected chi connectivity index (χ2v) is 9.61. The van der Waals surface area contributed by atoms with Crippen molar-refractivity contribution in [3.63, 3.8) is 0 Å². The number of anilines is 1. The lowest BCUT2D eigenvalue weighted by atomic mass is 10.1. The summed E-state index contributed by atoms with van der Waals surface area (Å²) in [7, 11) is -3.49. The first-order chi connectivity index (χ1) is 13.1. The molecule has 0 spiro atoms. The molecule has 1 amide bonds. The zero-order chi connectivity index (χ0) is 20.5. The lowest BCUT2D eigenvalue weighted by Crippen LogP contribution is -2.15. The highest BCUT2D eigenvalue weighted by Gasteiger charge is 2.18. The van der Waals surface area contributed by atoms with Crippen molar-refractivity contribution in [1.29, 1.82) is 0 Å². The summed E-state index contributed by atoms with van der Waals surface area (Å²) in [5, 5.41) is 8.18. The molecule has 1 aromatic heterocycles. The molecule has 1 heterocycles. The van der Waals surface area contributed by atoms with Crippen molar-refractivity contribution in [2.24, 2.45) is 5.92 Å². The molecule has 0 atom stereocenters. The van der Waals surface area contributed by atoms with E-state index < -0.39 is 9.84 Å². The van der Waals surface area contributed by atoms with Crippen molar-refractivity contribution >= 4 is 43.9 Å². The molecule has 1 N–H and O–H groups in total. The highest BCUT2D eigenvalue weighted by Crippen LogP contribution is 2.28. The van der Waals surface area contributed by atoms with Gasteiger partial charge < -0.3 is 5.32 Å².